The first-order valence-electron chi connectivity index (χ1n) is 5.80. The number of amides is 3. The molecule has 0 aliphatic carbocycles. The summed E-state index contributed by atoms with van der Waals surface area (Å²) in [6.45, 7) is 2.99. The van der Waals surface area contributed by atoms with Crippen molar-refractivity contribution in [2.45, 2.75) is 13.3 Å². The molecule has 1 N–H and O–H groups in total. The van der Waals surface area contributed by atoms with E-state index in [1.807, 2.05) is 37.3 Å². The smallest absolute Gasteiger partial charge is 0.323 e. The SMILES string of the molecule is CC1CN(CCc2ccccc2)C(=O)NC1=O. The van der Waals surface area contributed by atoms with Crippen molar-refractivity contribution in [2.75, 3.05) is 13.1 Å². The van der Waals surface area contributed by atoms with Crippen molar-refractivity contribution < 1.29 is 9.59 Å². The van der Waals surface area contributed by atoms with E-state index < -0.39 is 0 Å². The highest BCUT2D eigenvalue weighted by Gasteiger charge is 2.28. The second-order valence-electron chi connectivity index (χ2n) is 4.38. The molecule has 0 bridgehead atoms. The van der Waals surface area contributed by atoms with Gasteiger partial charge in [-0.25, -0.2) is 4.79 Å². The van der Waals surface area contributed by atoms with Crippen molar-refractivity contribution in [3.05, 3.63) is 35.9 Å². The topological polar surface area (TPSA) is 49.4 Å². The van der Waals surface area contributed by atoms with E-state index >= 15 is 0 Å². The summed E-state index contributed by atoms with van der Waals surface area (Å²) in [6.07, 6.45) is 0.815. The Labute approximate surface area is 101 Å². The first kappa shape index (κ1) is 11.6. The van der Waals surface area contributed by atoms with Crippen molar-refractivity contribution >= 4 is 11.9 Å². The summed E-state index contributed by atoms with van der Waals surface area (Å²) in [5.74, 6) is -0.297. The van der Waals surface area contributed by atoms with Gasteiger partial charge in [0.2, 0.25) is 5.91 Å². The Morgan fingerprint density at radius 3 is 2.71 bits per heavy atom. The summed E-state index contributed by atoms with van der Waals surface area (Å²) in [7, 11) is 0. The third-order valence-electron chi connectivity index (χ3n) is 2.97. The van der Waals surface area contributed by atoms with Crippen LogP contribution in [-0.4, -0.2) is 29.9 Å². The van der Waals surface area contributed by atoms with Crippen LogP contribution in [0.3, 0.4) is 0 Å². The molecular weight excluding hydrogens is 216 g/mol. The summed E-state index contributed by atoms with van der Waals surface area (Å²) in [6, 6.07) is 9.74. The summed E-state index contributed by atoms with van der Waals surface area (Å²) in [4.78, 5) is 24.5. The number of benzene rings is 1. The molecule has 1 saturated heterocycles. The van der Waals surface area contributed by atoms with E-state index in [4.69, 9.17) is 0 Å². The van der Waals surface area contributed by atoms with Crippen LogP contribution in [-0.2, 0) is 11.2 Å². The molecule has 2 rings (SSSR count). The van der Waals surface area contributed by atoms with Crippen molar-refractivity contribution in [3.63, 3.8) is 0 Å². The van der Waals surface area contributed by atoms with E-state index in [2.05, 4.69) is 5.32 Å². The number of rotatable bonds is 3. The van der Waals surface area contributed by atoms with Gasteiger partial charge in [0.1, 0.15) is 0 Å². The summed E-state index contributed by atoms with van der Waals surface area (Å²) in [5.41, 5.74) is 1.20. The summed E-state index contributed by atoms with van der Waals surface area (Å²) in [5, 5.41) is 2.36. The Kier molecular flexibility index (Phi) is 3.42. The fraction of sp³-hybridized carbons (Fsp3) is 0.385. The van der Waals surface area contributed by atoms with Gasteiger partial charge in [0, 0.05) is 13.1 Å². The van der Waals surface area contributed by atoms with E-state index in [1.165, 1.54) is 5.56 Å². The molecule has 17 heavy (non-hydrogen) atoms. The Morgan fingerprint density at radius 1 is 1.29 bits per heavy atom. The predicted octanol–water partition coefficient (Wildman–Crippen LogP) is 1.42. The monoisotopic (exact) mass is 232 g/mol. The summed E-state index contributed by atoms with van der Waals surface area (Å²) >= 11 is 0. The number of imide groups is 1. The molecule has 4 nitrogen and oxygen atoms in total. The van der Waals surface area contributed by atoms with Gasteiger partial charge in [0.05, 0.1) is 5.92 Å². The second-order valence-corrected chi connectivity index (χ2v) is 4.38. The zero-order chi connectivity index (χ0) is 12.3. The van der Waals surface area contributed by atoms with Gasteiger partial charge in [0.25, 0.3) is 0 Å². The fourth-order valence-electron chi connectivity index (χ4n) is 1.91. The molecule has 1 atom stereocenters. The average Bonchev–Trinajstić information content (AvgIpc) is 2.33. The van der Waals surface area contributed by atoms with Gasteiger partial charge in [-0.2, -0.15) is 0 Å². The van der Waals surface area contributed by atoms with Gasteiger partial charge in [-0.3, -0.25) is 10.1 Å². The number of hydrogen-bond acceptors (Lipinski definition) is 2. The summed E-state index contributed by atoms with van der Waals surface area (Å²) < 4.78 is 0. The largest absolute Gasteiger partial charge is 0.324 e. The predicted molar refractivity (Wildman–Crippen MR) is 64.4 cm³/mol. The maximum atomic E-state index is 11.6. The van der Waals surface area contributed by atoms with Crippen LogP contribution in [0.4, 0.5) is 4.79 Å². The molecule has 0 radical (unpaired) electrons. The van der Waals surface area contributed by atoms with Crippen molar-refractivity contribution in [1.29, 1.82) is 0 Å². The first-order valence-corrected chi connectivity index (χ1v) is 5.80. The molecule has 90 valence electrons. The van der Waals surface area contributed by atoms with Gasteiger partial charge >= 0.3 is 6.03 Å². The molecule has 1 aromatic rings. The lowest BCUT2D eigenvalue weighted by molar-refractivity contribution is -0.125. The van der Waals surface area contributed by atoms with Gasteiger partial charge < -0.3 is 4.90 Å². The fourth-order valence-corrected chi connectivity index (χ4v) is 1.91. The van der Waals surface area contributed by atoms with E-state index in [-0.39, 0.29) is 17.9 Å². The molecule has 0 aromatic heterocycles. The number of nitrogens with one attached hydrogen (secondary N) is 1. The normalized spacial score (nSPS) is 20.3. The number of hydrogen-bond donors (Lipinski definition) is 1. The lowest BCUT2D eigenvalue weighted by Gasteiger charge is -2.30. The molecule has 4 heteroatoms. The molecule has 1 aliphatic rings. The van der Waals surface area contributed by atoms with Crippen LogP contribution in [0, 0.1) is 5.92 Å². The van der Waals surface area contributed by atoms with Crippen LogP contribution in [0.5, 0.6) is 0 Å². The van der Waals surface area contributed by atoms with Crippen molar-refractivity contribution in [1.82, 2.24) is 10.2 Å². The van der Waals surface area contributed by atoms with Crippen LogP contribution < -0.4 is 5.32 Å². The molecule has 1 fully saturated rings. The van der Waals surface area contributed by atoms with Crippen LogP contribution in [0.15, 0.2) is 30.3 Å². The van der Waals surface area contributed by atoms with E-state index in [9.17, 15) is 9.59 Å². The van der Waals surface area contributed by atoms with Crippen LogP contribution in [0.2, 0.25) is 0 Å². The molecule has 1 unspecified atom stereocenters. The number of carbonyl (C=O) groups excluding carboxylic acids is 2. The Bertz CT molecular complexity index is 417. The number of urea groups is 1. The van der Waals surface area contributed by atoms with E-state index in [0.29, 0.717) is 13.1 Å². The average molecular weight is 232 g/mol. The second kappa shape index (κ2) is 4.99. The molecule has 0 saturated carbocycles. The highest BCUT2D eigenvalue weighted by molar-refractivity contribution is 5.97. The van der Waals surface area contributed by atoms with Gasteiger partial charge in [-0.1, -0.05) is 37.3 Å². The third kappa shape index (κ3) is 2.84. The Morgan fingerprint density at radius 2 is 2.00 bits per heavy atom. The van der Waals surface area contributed by atoms with Crippen LogP contribution in [0.25, 0.3) is 0 Å². The molecule has 0 spiro atoms. The van der Waals surface area contributed by atoms with Crippen LogP contribution >= 0.6 is 0 Å². The van der Waals surface area contributed by atoms with Gasteiger partial charge in [-0.15, -0.1) is 0 Å². The molecule has 1 aromatic carbocycles. The minimum absolute atomic E-state index is 0.122. The highest BCUT2D eigenvalue weighted by Crippen LogP contribution is 2.09. The maximum absolute atomic E-state index is 11.6. The zero-order valence-electron chi connectivity index (χ0n) is 9.85. The number of nitrogens with zero attached hydrogens (tertiary/aromatic N) is 1. The van der Waals surface area contributed by atoms with Crippen molar-refractivity contribution in [2.24, 2.45) is 5.92 Å². The quantitative estimate of drug-likeness (QED) is 0.856. The lowest BCUT2D eigenvalue weighted by atomic mass is 10.1. The lowest BCUT2D eigenvalue weighted by Crippen LogP contribution is -2.54. The van der Waals surface area contributed by atoms with E-state index in [0.717, 1.165) is 6.42 Å². The minimum Gasteiger partial charge on any atom is -0.323 e. The maximum Gasteiger partial charge on any atom is 0.324 e. The Balaban J connectivity index is 1.91. The Hall–Kier alpha value is -1.84. The van der Waals surface area contributed by atoms with E-state index in [1.54, 1.807) is 4.90 Å². The molecular formula is C13H16N2O2. The van der Waals surface area contributed by atoms with Crippen LogP contribution in [0.1, 0.15) is 12.5 Å². The van der Waals surface area contributed by atoms with Crippen molar-refractivity contribution in [3.8, 4) is 0 Å². The standard InChI is InChI=1S/C13H16N2O2/c1-10-9-15(13(17)14-12(10)16)8-7-11-5-3-2-4-6-11/h2-6,10H,7-9H2,1H3,(H,14,16,17). The van der Waals surface area contributed by atoms with Gasteiger partial charge in [0.15, 0.2) is 0 Å². The third-order valence-corrected chi connectivity index (χ3v) is 2.97. The molecule has 1 heterocycles. The first-order chi connectivity index (χ1) is 8.16. The minimum atomic E-state index is -0.274. The molecule has 1 aliphatic heterocycles. The number of carbonyl (C=O) groups is 2. The molecule has 3 amide bonds. The van der Waals surface area contributed by atoms with Gasteiger partial charge in [-0.05, 0) is 12.0 Å². The zero-order valence-corrected chi connectivity index (χ0v) is 9.85. The highest BCUT2D eigenvalue weighted by atomic mass is 16.2.